The molecule has 0 aromatic carbocycles. The molecular formula is C12H22N4. The van der Waals surface area contributed by atoms with Crippen molar-refractivity contribution in [3.8, 4) is 0 Å². The van der Waals surface area contributed by atoms with Crippen molar-refractivity contribution in [2.75, 3.05) is 19.6 Å². The van der Waals surface area contributed by atoms with Gasteiger partial charge in [-0.1, -0.05) is 6.92 Å². The van der Waals surface area contributed by atoms with Crippen LogP contribution in [0.2, 0.25) is 0 Å². The summed E-state index contributed by atoms with van der Waals surface area (Å²) in [7, 11) is 1.97. The Hall–Kier alpha value is -0.870. The monoisotopic (exact) mass is 222 g/mol. The summed E-state index contributed by atoms with van der Waals surface area (Å²) >= 11 is 0. The molecule has 1 aromatic rings. The lowest BCUT2D eigenvalue weighted by atomic mass is 10.1. The Morgan fingerprint density at radius 2 is 2.44 bits per heavy atom. The van der Waals surface area contributed by atoms with E-state index in [4.69, 9.17) is 0 Å². The second-order valence-electron chi connectivity index (χ2n) is 4.65. The van der Waals surface area contributed by atoms with E-state index < -0.39 is 0 Å². The Labute approximate surface area is 97.6 Å². The summed E-state index contributed by atoms with van der Waals surface area (Å²) in [5.41, 5.74) is 1.32. The maximum absolute atomic E-state index is 4.21. The molecule has 16 heavy (non-hydrogen) atoms. The zero-order valence-corrected chi connectivity index (χ0v) is 10.3. The van der Waals surface area contributed by atoms with Gasteiger partial charge in [-0.25, -0.2) is 0 Å². The van der Waals surface area contributed by atoms with Gasteiger partial charge in [0.15, 0.2) is 0 Å². The molecule has 1 N–H and O–H groups in total. The number of likely N-dealkylation sites (N-methyl/N-ethyl adjacent to an activating group) is 1. The van der Waals surface area contributed by atoms with E-state index in [-0.39, 0.29) is 0 Å². The molecule has 0 amide bonds. The first-order chi connectivity index (χ1) is 7.78. The van der Waals surface area contributed by atoms with Crippen LogP contribution in [0, 0.1) is 0 Å². The normalized spacial score (nSPS) is 22.5. The first kappa shape index (κ1) is 11.6. The number of likely N-dealkylation sites (tertiary alicyclic amines) is 1. The number of hydrogen-bond donors (Lipinski definition) is 1. The van der Waals surface area contributed by atoms with Gasteiger partial charge in [-0.05, 0) is 25.9 Å². The minimum atomic E-state index is 0.676. The standard InChI is InChI=1S/C12H22N4/c1-3-13-12-5-4-6-16(10-12)9-11-7-14-15(2)8-11/h7-8,12-13H,3-6,9-10H2,1-2H3. The molecule has 1 unspecified atom stereocenters. The third-order valence-corrected chi connectivity index (χ3v) is 3.16. The summed E-state index contributed by atoms with van der Waals surface area (Å²) < 4.78 is 1.88. The lowest BCUT2D eigenvalue weighted by Gasteiger charge is -2.32. The second-order valence-corrected chi connectivity index (χ2v) is 4.65. The highest BCUT2D eigenvalue weighted by Gasteiger charge is 2.19. The maximum Gasteiger partial charge on any atom is 0.0534 e. The number of aromatic nitrogens is 2. The summed E-state index contributed by atoms with van der Waals surface area (Å²) in [6.07, 6.45) is 6.70. The van der Waals surface area contributed by atoms with E-state index in [0.717, 1.165) is 13.1 Å². The van der Waals surface area contributed by atoms with Crippen molar-refractivity contribution in [1.29, 1.82) is 0 Å². The van der Waals surface area contributed by atoms with E-state index in [1.54, 1.807) is 0 Å². The fraction of sp³-hybridized carbons (Fsp3) is 0.750. The van der Waals surface area contributed by atoms with Gasteiger partial charge in [0.05, 0.1) is 6.20 Å². The van der Waals surface area contributed by atoms with Crippen LogP contribution in [-0.4, -0.2) is 40.4 Å². The molecule has 2 heterocycles. The van der Waals surface area contributed by atoms with Crippen molar-refractivity contribution in [1.82, 2.24) is 20.0 Å². The van der Waals surface area contributed by atoms with Crippen molar-refractivity contribution in [2.45, 2.75) is 32.4 Å². The van der Waals surface area contributed by atoms with E-state index in [1.165, 1.54) is 31.5 Å². The predicted molar refractivity (Wildman–Crippen MR) is 65.2 cm³/mol. The highest BCUT2D eigenvalue weighted by molar-refractivity contribution is 5.03. The van der Waals surface area contributed by atoms with Gasteiger partial charge in [0.2, 0.25) is 0 Å². The van der Waals surface area contributed by atoms with Crippen molar-refractivity contribution in [3.05, 3.63) is 18.0 Å². The molecular weight excluding hydrogens is 200 g/mol. The van der Waals surface area contributed by atoms with Crippen molar-refractivity contribution >= 4 is 0 Å². The third kappa shape index (κ3) is 3.06. The molecule has 0 radical (unpaired) electrons. The smallest absolute Gasteiger partial charge is 0.0534 e. The van der Waals surface area contributed by atoms with Gasteiger partial charge in [-0.3, -0.25) is 9.58 Å². The van der Waals surface area contributed by atoms with Crippen LogP contribution in [0.4, 0.5) is 0 Å². The topological polar surface area (TPSA) is 33.1 Å². The van der Waals surface area contributed by atoms with Crippen molar-refractivity contribution < 1.29 is 0 Å². The van der Waals surface area contributed by atoms with Crippen LogP contribution >= 0.6 is 0 Å². The van der Waals surface area contributed by atoms with Crippen molar-refractivity contribution in [2.24, 2.45) is 7.05 Å². The molecule has 1 aliphatic heterocycles. The number of nitrogens with zero attached hydrogens (tertiary/aromatic N) is 3. The number of nitrogens with one attached hydrogen (secondary N) is 1. The van der Waals surface area contributed by atoms with Gasteiger partial charge >= 0.3 is 0 Å². The summed E-state index contributed by atoms with van der Waals surface area (Å²) in [6, 6.07) is 0.676. The number of aryl methyl sites for hydroxylation is 1. The van der Waals surface area contributed by atoms with Crippen LogP contribution in [0.15, 0.2) is 12.4 Å². The minimum Gasteiger partial charge on any atom is -0.313 e. The molecule has 1 saturated heterocycles. The van der Waals surface area contributed by atoms with Gasteiger partial charge < -0.3 is 5.32 Å². The predicted octanol–water partition coefficient (Wildman–Crippen LogP) is 0.994. The van der Waals surface area contributed by atoms with E-state index in [9.17, 15) is 0 Å². The zero-order valence-electron chi connectivity index (χ0n) is 10.3. The van der Waals surface area contributed by atoms with Gasteiger partial charge in [0.1, 0.15) is 0 Å². The Balaban J connectivity index is 1.85. The lowest BCUT2D eigenvalue weighted by molar-refractivity contribution is 0.184. The Morgan fingerprint density at radius 1 is 1.56 bits per heavy atom. The van der Waals surface area contributed by atoms with Crippen LogP contribution in [0.1, 0.15) is 25.3 Å². The van der Waals surface area contributed by atoms with Gasteiger partial charge in [0, 0.05) is 37.9 Å². The third-order valence-electron chi connectivity index (χ3n) is 3.16. The summed E-state index contributed by atoms with van der Waals surface area (Å²) in [5.74, 6) is 0. The molecule has 1 aromatic heterocycles. The summed E-state index contributed by atoms with van der Waals surface area (Å²) in [6.45, 7) is 6.68. The quantitative estimate of drug-likeness (QED) is 0.825. The molecule has 4 heteroatoms. The van der Waals surface area contributed by atoms with Gasteiger partial charge in [0.25, 0.3) is 0 Å². The zero-order chi connectivity index (χ0) is 11.4. The van der Waals surface area contributed by atoms with Crippen LogP contribution in [0.25, 0.3) is 0 Å². The first-order valence-electron chi connectivity index (χ1n) is 6.21. The van der Waals surface area contributed by atoms with E-state index in [0.29, 0.717) is 6.04 Å². The highest BCUT2D eigenvalue weighted by atomic mass is 15.2. The largest absolute Gasteiger partial charge is 0.313 e. The number of rotatable bonds is 4. The average Bonchev–Trinajstić information content (AvgIpc) is 2.65. The SMILES string of the molecule is CCNC1CCCN(Cc2cnn(C)c2)C1. The fourth-order valence-electron chi connectivity index (χ4n) is 2.47. The van der Waals surface area contributed by atoms with Crippen LogP contribution in [-0.2, 0) is 13.6 Å². The average molecular weight is 222 g/mol. The Morgan fingerprint density at radius 3 is 3.12 bits per heavy atom. The van der Waals surface area contributed by atoms with Crippen LogP contribution in [0.3, 0.4) is 0 Å². The number of piperidine rings is 1. The lowest BCUT2D eigenvalue weighted by Crippen LogP contribution is -2.45. The second kappa shape index (κ2) is 5.46. The fourth-order valence-corrected chi connectivity index (χ4v) is 2.47. The first-order valence-corrected chi connectivity index (χ1v) is 6.21. The van der Waals surface area contributed by atoms with E-state index in [2.05, 4.69) is 28.4 Å². The molecule has 90 valence electrons. The molecule has 2 rings (SSSR count). The minimum absolute atomic E-state index is 0.676. The molecule has 0 spiro atoms. The molecule has 1 fully saturated rings. The van der Waals surface area contributed by atoms with E-state index in [1.807, 2.05) is 17.9 Å². The summed E-state index contributed by atoms with van der Waals surface area (Å²) in [5, 5.41) is 7.75. The van der Waals surface area contributed by atoms with E-state index >= 15 is 0 Å². The van der Waals surface area contributed by atoms with Crippen molar-refractivity contribution in [3.63, 3.8) is 0 Å². The number of hydrogen-bond acceptors (Lipinski definition) is 3. The maximum atomic E-state index is 4.21. The Kier molecular flexibility index (Phi) is 3.96. The van der Waals surface area contributed by atoms with Crippen LogP contribution in [0.5, 0.6) is 0 Å². The molecule has 1 atom stereocenters. The summed E-state index contributed by atoms with van der Waals surface area (Å²) in [4.78, 5) is 2.52. The van der Waals surface area contributed by atoms with Gasteiger partial charge in [-0.15, -0.1) is 0 Å². The molecule has 0 aliphatic carbocycles. The Bertz CT molecular complexity index is 319. The molecule has 0 saturated carbocycles. The van der Waals surface area contributed by atoms with Gasteiger partial charge in [-0.2, -0.15) is 5.10 Å². The van der Waals surface area contributed by atoms with Crippen LogP contribution < -0.4 is 5.32 Å². The molecule has 0 bridgehead atoms. The molecule has 4 nitrogen and oxygen atoms in total. The highest BCUT2D eigenvalue weighted by Crippen LogP contribution is 2.13. The molecule has 1 aliphatic rings.